The van der Waals surface area contributed by atoms with Crippen LogP contribution < -0.4 is 5.32 Å². The Kier molecular flexibility index (Phi) is 7.16. The van der Waals surface area contributed by atoms with E-state index in [0.29, 0.717) is 16.5 Å². The van der Waals surface area contributed by atoms with Gasteiger partial charge in [0.25, 0.3) is 0 Å². The minimum Gasteiger partial charge on any atom is -0.347 e. The van der Waals surface area contributed by atoms with Crippen LogP contribution in [0.3, 0.4) is 0 Å². The Balaban J connectivity index is 2.04. The first-order valence-corrected chi connectivity index (χ1v) is 11.6. The largest absolute Gasteiger partial charge is 0.347 e. The standard InChI is InChI=1S/C22H16ClFN2O2S2/c23-19-8-4-5-9-20(19)26-22(29-15-16-10-12-17(24)13-11-16)21(14-25)30(27,28)18-6-2-1-3-7-18/h1-13,26H,15H2. The summed E-state index contributed by atoms with van der Waals surface area (Å²) in [7, 11) is -4.06. The first kappa shape index (κ1) is 21.9. The van der Waals surface area contributed by atoms with Crippen LogP contribution in [0, 0.1) is 17.1 Å². The minimum absolute atomic E-state index is 0.0161. The van der Waals surface area contributed by atoms with Gasteiger partial charge in [-0.3, -0.25) is 0 Å². The van der Waals surface area contributed by atoms with Crippen LogP contribution in [-0.4, -0.2) is 8.42 Å². The molecule has 0 unspecified atom stereocenters. The van der Waals surface area contributed by atoms with Crippen molar-refractivity contribution in [1.29, 1.82) is 5.26 Å². The highest BCUT2D eigenvalue weighted by Crippen LogP contribution is 2.33. The maximum atomic E-state index is 13.2. The van der Waals surface area contributed by atoms with Crippen molar-refractivity contribution in [2.75, 3.05) is 5.32 Å². The van der Waals surface area contributed by atoms with Crippen LogP contribution in [0.25, 0.3) is 0 Å². The summed E-state index contributed by atoms with van der Waals surface area (Å²) >= 11 is 7.34. The summed E-state index contributed by atoms with van der Waals surface area (Å²) < 4.78 is 39.4. The number of halogens is 2. The molecule has 0 saturated heterocycles. The van der Waals surface area contributed by atoms with Crippen LogP contribution in [0.2, 0.25) is 5.02 Å². The zero-order valence-electron chi connectivity index (χ0n) is 15.5. The Morgan fingerprint density at radius 1 is 1.00 bits per heavy atom. The molecule has 0 fully saturated rings. The van der Waals surface area contributed by atoms with E-state index in [9.17, 15) is 18.1 Å². The number of rotatable bonds is 7. The molecule has 0 bridgehead atoms. The quantitative estimate of drug-likeness (QED) is 0.440. The number of hydrogen-bond acceptors (Lipinski definition) is 5. The van der Waals surface area contributed by atoms with Crippen LogP contribution in [0.5, 0.6) is 0 Å². The second-order valence-electron chi connectivity index (χ2n) is 6.11. The van der Waals surface area contributed by atoms with E-state index in [2.05, 4.69) is 5.32 Å². The van der Waals surface area contributed by atoms with Crippen molar-refractivity contribution in [1.82, 2.24) is 0 Å². The number of hydrogen-bond donors (Lipinski definition) is 1. The highest BCUT2D eigenvalue weighted by molar-refractivity contribution is 8.04. The summed E-state index contributed by atoms with van der Waals surface area (Å²) in [6.45, 7) is 0. The zero-order valence-corrected chi connectivity index (χ0v) is 17.9. The number of nitrogens with one attached hydrogen (secondary N) is 1. The molecule has 3 rings (SSSR count). The molecule has 0 aliphatic rings. The Labute approximate surface area is 183 Å². The Morgan fingerprint density at radius 2 is 1.63 bits per heavy atom. The molecule has 3 aromatic carbocycles. The van der Waals surface area contributed by atoms with E-state index in [4.69, 9.17) is 11.6 Å². The fourth-order valence-electron chi connectivity index (χ4n) is 2.53. The van der Waals surface area contributed by atoms with Crippen molar-refractivity contribution in [2.24, 2.45) is 0 Å². The van der Waals surface area contributed by atoms with Crippen molar-refractivity contribution < 1.29 is 12.8 Å². The van der Waals surface area contributed by atoms with E-state index in [1.165, 1.54) is 24.3 Å². The molecule has 1 N–H and O–H groups in total. The van der Waals surface area contributed by atoms with Gasteiger partial charge in [-0.05, 0) is 42.0 Å². The SMILES string of the molecule is N#CC(=C(Nc1ccccc1Cl)SCc1ccc(F)cc1)S(=O)(=O)c1ccccc1. The topological polar surface area (TPSA) is 70.0 Å². The smallest absolute Gasteiger partial charge is 0.219 e. The summed E-state index contributed by atoms with van der Waals surface area (Å²) in [4.78, 5) is -0.400. The molecule has 3 aromatic rings. The van der Waals surface area contributed by atoms with Crippen molar-refractivity contribution in [3.8, 4) is 6.07 Å². The fraction of sp³-hybridized carbons (Fsp3) is 0.0455. The highest BCUT2D eigenvalue weighted by Gasteiger charge is 2.25. The predicted octanol–water partition coefficient (Wildman–Crippen LogP) is 5.99. The molecule has 0 aliphatic carbocycles. The van der Waals surface area contributed by atoms with E-state index in [0.717, 1.165) is 17.3 Å². The number of allylic oxidation sites excluding steroid dienone is 1. The summed E-state index contributed by atoms with van der Waals surface area (Å²) in [5, 5.41) is 13.3. The third-order valence-corrected chi connectivity index (χ3v) is 7.31. The molecule has 0 spiro atoms. The molecule has 30 heavy (non-hydrogen) atoms. The molecular weight excluding hydrogens is 443 g/mol. The molecule has 0 aromatic heterocycles. The van der Waals surface area contributed by atoms with Gasteiger partial charge in [-0.1, -0.05) is 54.1 Å². The lowest BCUT2D eigenvalue weighted by molar-refractivity contribution is 0.603. The third-order valence-electron chi connectivity index (χ3n) is 4.05. The Hall–Kier alpha value is -2.79. The summed E-state index contributed by atoms with van der Waals surface area (Å²) in [6, 6.07) is 22.3. The van der Waals surface area contributed by atoms with Gasteiger partial charge in [0.15, 0.2) is 4.91 Å². The Bertz CT molecular complexity index is 1210. The van der Waals surface area contributed by atoms with Crippen LogP contribution in [-0.2, 0) is 15.6 Å². The molecule has 152 valence electrons. The molecule has 0 heterocycles. The lowest BCUT2D eigenvalue weighted by Gasteiger charge is -2.15. The maximum absolute atomic E-state index is 13.2. The number of sulfone groups is 1. The molecule has 0 radical (unpaired) electrons. The molecule has 0 atom stereocenters. The average Bonchev–Trinajstić information content (AvgIpc) is 2.75. The van der Waals surface area contributed by atoms with Crippen molar-refractivity contribution in [3.63, 3.8) is 0 Å². The van der Waals surface area contributed by atoms with Gasteiger partial charge in [-0.15, -0.1) is 11.8 Å². The van der Waals surface area contributed by atoms with Crippen LogP contribution >= 0.6 is 23.4 Å². The lowest BCUT2D eigenvalue weighted by Crippen LogP contribution is -2.10. The summed E-state index contributed by atoms with van der Waals surface area (Å²) in [5.41, 5.74) is 1.24. The first-order chi connectivity index (χ1) is 14.4. The fourth-order valence-corrected chi connectivity index (χ4v) is 5.25. The van der Waals surface area contributed by atoms with Gasteiger partial charge in [0.1, 0.15) is 16.9 Å². The monoisotopic (exact) mass is 458 g/mol. The zero-order chi connectivity index (χ0) is 21.6. The van der Waals surface area contributed by atoms with Gasteiger partial charge in [-0.25, -0.2) is 12.8 Å². The van der Waals surface area contributed by atoms with Crippen molar-refractivity contribution in [2.45, 2.75) is 10.6 Å². The minimum atomic E-state index is -4.06. The van der Waals surface area contributed by atoms with Crippen LogP contribution in [0.1, 0.15) is 5.56 Å². The van der Waals surface area contributed by atoms with Crippen molar-refractivity contribution in [3.05, 3.63) is 105 Å². The maximum Gasteiger partial charge on any atom is 0.219 e. The lowest BCUT2D eigenvalue weighted by atomic mass is 10.2. The molecule has 8 heteroatoms. The number of nitrogens with zero attached hydrogens (tertiary/aromatic N) is 1. The van der Waals surface area contributed by atoms with E-state index >= 15 is 0 Å². The summed E-state index contributed by atoms with van der Waals surface area (Å²) in [6.07, 6.45) is 0. The van der Waals surface area contributed by atoms with E-state index in [1.54, 1.807) is 54.6 Å². The van der Waals surface area contributed by atoms with Crippen LogP contribution in [0.15, 0.2) is 93.7 Å². The summed E-state index contributed by atoms with van der Waals surface area (Å²) in [5.74, 6) is -0.0409. The van der Waals surface area contributed by atoms with Crippen molar-refractivity contribution >= 4 is 38.9 Å². The second-order valence-corrected chi connectivity index (χ2v) is 9.39. The number of para-hydroxylation sites is 1. The van der Waals surface area contributed by atoms with Gasteiger partial charge >= 0.3 is 0 Å². The van der Waals surface area contributed by atoms with Gasteiger partial charge < -0.3 is 5.32 Å². The van der Waals surface area contributed by atoms with E-state index in [-0.39, 0.29) is 15.7 Å². The van der Waals surface area contributed by atoms with Gasteiger partial charge in [0.2, 0.25) is 9.84 Å². The molecule has 0 aliphatic heterocycles. The predicted molar refractivity (Wildman–Crippen MR) is 119 cm³/mol. The number of benzene rings is 3. The van der Waals surface area contributed by atoms with E-state index < -0.39 is 14.7 Å². The number of nitriles is 1. The van der Waals surface area contributed by atoms with E-state index in [1.807, 2.05) is 6.07 Å². The molecule has 0 amide bonds. The molecular formula is C22H16ClFN2O2S2. The average molecular weight is 459 g/mol. The third kappa shape index (κ3) is 5.22. The Morgan fingerprint density at radius 3 is 2.27 bits per heavy atom. The second kappa shape index (κ2) is 9.81. The van der Waals surface area contributed by atoms with Gasteiger partial charge in [0.05, 0.1) is 15.6 Å². The molecule has 0 saturated carbocycles. The first-order valence-electron chi connectivity index (χ1n) is 8.75. The van der Waals surface area contributed by atoms with Crippen LogP contribution in [0.4, 0.5) is 10.1 Å². The normalized spacial score (nSPS) is 12.0. The number of anilines is 1. The van der Waals surface area contributed by atoms with Gasteiger partial charge in [-0.2, -0.15) is 5.26 Å². The molecule has 4 nitrogen and oxygen atoms in total. The van der Waals surface area contributed by atoms with Gasteiger partial charge in [0, 0.05) is 5.75 Å². The highest BCUT2D eigenvalue weighted by atomic mass is 35.5. The number of thioether (sulfide) groups is 1.